The largest absolute Gasteiger partial charge is 0.507 e. The first-order valence-electron chi connectivity index (χ1n) is 6.46. The Morgan fingerprint density at radius 1 is 1.14 bits per heavy atom. The van der Waals surface area contributed by atoms with E-state index in [4.69, 9.17) is 11.6 Å². The number of rotatable bonds is 1. The van der Waals surface area contributed by atoms with Crippen molar-refractivity contribution in [3.05, 3.63) is 56.8 Å². The van der Waals surface area contributed by atoms with E-state index in [1.807, 2.05) is 13.8 Å². The van der Waals surface area contributed by atoms with Crippen molar-refractivity contribution in [2.75, 3.05) is 0 Å². The van der Waals surface area contributed by atoms with Crippen LogP contribution in [0.2, 0.25) is 5.02 Å². The lowest BCUT2D eigenvalue weighted by Gasteiger charge is -2.08. The van der Waals surface area contributed by atoms with E-state index in [2.05, 4.69) is 9.97 Å². The van der Waals surface area contributed by atoms with Crippen molar-refractivity contribution in [1.29, 1.82) is 0 Å². The smallest absolute Gasteiger partial charge is 0.259 e. The second-order valence-electron chi connectivity index (χ2n) is 5.03. The average Bonchev–Trinajstić information content (AvgIpc) is 2.44. The van der Waals surface area contributed by atoms with E-state index in [0.717, 1.165) is 16.7 Å². The molecule has 1 aromatic heterocycles. The molecule has 0 atom stereocenters. The molecule has 3 aromatic rings. The minimum atomic E-state index is -0.235. The van der Waals surface area contributed by atoms with Gasteiger partial charge < -0.3 is 10.1 Å². The summed E-state index contributed by atoms with van der Waals surface area (Å²) in [7, 11) is 0. The molecule has 0 unspecified atom stereocenters. The van der Waals surface area contributed by atoms with Crippen LogP contribution in [0.4, 0.5) is 0 Å². The van der Waals surface area contributed by atoms with Crippen LogP contribution in [0.1, 0.15) is 11.1 Å². The summed E-state index contributed by atoms with van der Waals surface area (Å²) in [6, 6.07) is 8.61. The summed E-state index contributed by atoms with van der Waals surface area (Å²) in [5.41, 5.74) is 2.59. The highest BCUT2D eigenvalue weighted by atomic mass is 35.5. The molecular formula is C16H13ClN2O2. The van der Waals surface area contributed by atoms with Crippen molar-refractivity contribution in [2.45, 2.75) is 13.8 Å². The number of nitrogens with one attached hydrogen (secondary N) is 1. The van der Waals surface area contributed by atoms with E-state index in [-0.39, 0.29) is 11.3 Å². The van der Waals surface area contributed by atoms with E-state index in [9.17, 15) is 9.90 Å². The maximum Gasteiger partial charge on any atom is 0.259 e. The highest BCUT2D eigenvalue weighted by molar-refractivity contribution is 6.31. The van der Waals surface area contributed by atoms with Crippen LogP contribution in [0.25, 0.3) is 22.3 Å². The Kier molecular flexibility index (Phi) is 3.18. The zero-order valence-corrected chi connectivity index (χ0v) is 12.3. The average molecular weight is 301 g/mol. The minimum Gasteiger partial charge on any atom is -0.507 e. The molecule has 0 amide bonds. The third-order valence-electron chi connectivity index (χ3n) is 3.43. The maximum atomic E-state index is 12.2. The molecule has 2 N–H and O–H groups in total. The zero-order valence-electron chi connectivity index (χ0n) is 11.6. The summed E-state index contributed by atoms with van der Waals surface area (Å²) in [5, 5.41) is 10.8. The number of benzene rings is 2. The molecule has 0 aliphatic heterocycles. The first kappa shape index (κ1) is 13.6. The van der Waals surface area contributed by atoms with E-state index in [0.29, 0.717) is 21.7 Å². The van der Waals surface area contributed by atoms with Crippen LogP contribution < -0.4 is 5.56 Å². The molecule has 0 aliphatic carbocycles. The number of aryl methyl sites for hydroxylation is 2. The standard InChI is InChI=1S/C16H13ClN2O2/c1-8-5-10(6-9(2)14(8)20)15-18-13-4-3-11(17)7-12(13)16(21)19-15/h3-7,20H,1-2H3,(H,18,19,21). The quantitative estimate of drug-likeness (QED) is 0.722. The fourth-order valence-electron chi connectivity index (χ4n) is 2.34. The van der Waals surface area contributed by atoms with Crippen molar-refractivity contribution >= 4 is 22.5 Å². The monoisotopic (exact) mass is 300 g/mol. The Labute approximate surface area is 126 Å². The van der Waals surface area contributed by atoms with Crippen LogP contribution in [0.15, 0.2) is 35.1 Å². The lowest BCUT2D eigenvalue weighted by atomic mass is 10.1. The molecule has 2 aromatic carbocycles. The summed E-state index contributed by atoms with van der Waals surface area (Å²) in [6.45, 7) is 3.62. The van der Waals surface area contributed by atoms with Gasteiger partial charge >= 0.3 is 0 Å². The molecule has 4 nitrogen and oxygen atoms in total. The summed E-state index contributed by atoms with van der Waals surface area (Å²) in [4.78, 5) is 19.4. The number of phenols is 1. The van der Waals surface area contributed by atoms with E-state index in [1.165, 1.54) is 0 Å². The van der Waals surface area contributed by atoms with E-state index >= 15 is 0 Å². The lowest BCUT2D eigenvalue weighted by Crippen LogP contribution is -2.09. The van der Waals surface area contributed by atoms with Gasteiger partial charge in [0, 0.05) is 10.6 Å². The van der Waals surface area contributed by atoms with Gasteiger partial charge in [-0.2, -0.15) is 0 Å². The van der Waals surface area contributed by atoms with Gasteiger partial charge in [-0.15, -0.1) is 0 Å². The van der Waals surface area contributed by atoms with Crippen LogP contribution >= 0.6 is 11.6 Å². The number of H-pyrrole nitrogens is 1. The second kappa shape index (κ2) is 4.90. The first-order valence-corrected chi connectivity index (χ1v) is 6.83. The third-order valence-corrected chi connectivity index (χ3v) is 3.67. The van der Waals surface area contributed by atoms with Gasteiger partial charge in [0.15, 0.2) is 0 Å². The number of halogens is 1. The summed E-state index contributed by atoms with van der Waals surface area (Å²) in [6.07, 6.45) is 0. The van der Waals surface area contributed by atoms with Crippen LogP contribution in [0, 0.1) is 13.8 Å². The highest BCUT2D eigenvalue weighted by Crippen LogP contribution is 2.27. The van der Waals surface area contributed by atoms with Gasteiger partial charge in [-0.05, 0) is 55.3 Å². The normalized spacial score (nSPS) is 11.0. The van der Waals surface area contributed by atoms with Crippen LogP contribution in [0.5, 0.6) is 5.75 Å². The molecular weight excluding hydrogens is 288 g/mol. The molecule has 3 rings (SSSR count). The van der Waals surface area contributed by atoms with Crippen molar-refractivity contribution in [2.24, 2.45) is 0 Å². The Bertz CT molecular complexity index is 893. The number of phenolic OH excluding ortho intramolecular Hbond substituents is 1. The van der Waals surface area contributed by atoms with Gasteiger partial charge in [0.1, 0.15) is 11.6 Å². The number of aromatic hydroxyl groups is 1. The fraction of sp³-hybridized carbons (Fsp3) is 0.125. The molecule has 0 aliphatic rings. The molecule has 0 saturated carbocycles. The molecule has 0 bridgehead atoms. The Hall–Kier alpha value is -2.33. The van der Waals surface area contributed by atoms with Crippen LogP contribution in [-0.2, 0) is 0 Å². The Morgan fingerprint density at radius 3 is 2.48 bits per heavy atom. The maximum absolute atomic E-state index is 12.2. The number of hydrogen-bond acceptors (Lipinski definition) is 3. The van der Waals surface area contributed by atoms with E-state index in [1.54, 1.807) is 30.3 Å². The predicted molar refractivity (Wildman–Crippen MR) is 83.9 cm³/mol. The third kappa shape index (κ3) is 2.38. The zero-order chi connectivity index (χ0) is 15.1. The Morgan fingerprint density at radius 2 is 1.81 bits per heavy atom. The molecule has 1 heterocycles. The first-order chi connectivity index (χ1) is 9.95. The lowest BCUT2D eigenvalue weighted by molar-refractivity contribution is 0.467. The molecule has 5 heteroatoms. The predicted octanol–water partition coefficient (Wildman–Crippen LogP) is 3.57. The summed E-state index contributed by atoms with van der Waals surface area (Å²) in [5.74, 6) is 0.731. The summed E-state index contributed by atoms with van der Waals surface area (Å²) >= 11 is 5.90. The minimum absolute atomic E-state index is 0.235. The van der Waals surface area contributed by atoms with Crippen LogP contribution in [-0.4, -0.2) is 15.1 Å². The van der Waals surface area contributed by atoms with Crippen molar-refractivity contribution in [1.82, 2.24) is 9.97 Å². The number of aromatic nitrogens is 2. The molecule has 21 heavy (non-hydrogen) atoms. The van der Waals surface area contributed by atoms with Crippen molar-refractivity contribution < 1.29 is 5.11 Å². The van der Waals surface area contributed by atoms with Gasteiger partial charge in [0.2, 0.25) is 0 Å². The van der Waals surface area contributed by atoms with Gasteiger partial charge in [0.25, 0.3) is 5.56 Å². The van der Waals surface area contributed by atoms with Crippen molar-refractivity contribution in [3.63, 3.8) is 0 Å². The van der Waals surface area contributed by atoms with Gasteiger partial charge in [-0.3, -0.25) is 4.79 Å². The number of hydrogen-bond donors (Lipinski definition) is 2. The number of aromatic amines is 1. The fourth-order valence-corrected chi connectivity index (χ4v) is 2.51. The molecule has 0 radical (unpaired) electrons. The Balaban J connectivity index is 2.27. The van der Waals surface area contributed by atoms with Gasteiger partial charge in [0.05, 0.1) is 10.9 Å². The molecule has 106 valence electrons. The number of fused-ring (bicyclic) bond motifs is 1. The molecule has 0 spiro atoms. The topological polar surface area (TPSA) is 66.0 Å². The SMILES string of the molecule is Cc1cc(-c2nc3ccc(Cl)cc3c(=O)[nH]2)cc(C)c1O. The molecule has 0 saturated heterocycles. The second-order valence-corrected chi connectivity index (χ2v) is 5.47. The van der Waals surface area contributed by atoms with E-state index < -0.39 is 0 Å². The van der Waals surface area contributed by atoms with Crippen LogP contribution in [0.3, 0.4) is 0 Å². The summed E-state index contributed by atoms with van der Waals surface area (Å²) < 4.78 is 0. The van der Waals surface area contributed by atoms with Gasteiger partial charge in [-0.25, -0.2) is 4.98 Å². The molecule has 0 fully saturated rings. The van der Waals surface area contributed by atoms with Crippen molar-refractivity contribution in [3.8, 4) is 17.1 Å². The van der Waals surface area contributed by atoms with Gasteiger partial charge in [-0.1, -0.05) is 11.6 Å². The number of nitrogens with zero attached hydrogens (tertiary/aromatic N) is 1. The highest BCUT2D eigenvalue weighted by Gasteiger charge is 2.09.